The first-order valence-corrected chi connectivity index (χ1v) is 10.8. The average molecular weight is 469 g/mol. The number of benzene rings is 1. The van der Waals surface area contributed by atoms with E-state index in [0.29, 0.717) is 24.2 Å². The maximum atomic E-state index is 14.1. The number of rotatable bonds is 5. The lowest BCUT2D eigenvalue weighted by atomic mass is 10.0. The van der Waals surface area contributed by atoms with Gasteiger partial charge in [0.15, 0.2) is 17.9 Å². The molecule has 0 bridgehead atoms. The third kappa shape index (κ3) is 4.31. The largest absolute Gasteiger partial charge is 0.389 e. The van der Waals surface area contributed by atoms with Gasteiger partial charge in [0.2, 0.25) is 0 Å². The number of hydrogen-bond donors (Lipinski definition) is 4. The van der Waals surface area contributed by atoms with Gasteiger partial charge in [-0.3, -0.25) is 4.68 Å². The lowest BCUT2D eigenvalue weighted by Gasteiger charge is -2.19. The summed E-state index contributed by atoms with van der Waals surface area (Å²) < 4.78 is 48.9. The van der Waals surface area contributed by atoms with Crippen molar-refractivity contribution in [2.45, 2.75) is 37.4 Å². The monoisotopic (exact) mass is 468 g/mol. The molecule has 1 fully saturated rings. The molecular formula is C20H23F3N6O2S. The quantitative estimate of drug-likeness (QED) is 0.424. The Kier molecular flexibility index (Phi) is 6.38. The van der Waals surface area contributed by atoms with Crippen LogP contribution >= 0.6 is 11.3 Å². The van der Waals surface area contributed by atoms with Crippen LogP contribution in [0.1, 0.15) is 36.6 Å². The number of ether oxygens (including phenoxy) is 1. The molecule has 8 nitrogen and oxygen atoms in total. The number of hydrogen-bond acceptors (Lipinski definition) is 8. The topological polar surface area (TPSA) is 124 Å². The summed E-state index contributed by atoms with van der Waals surface area (Å²) in [6.07, 6.45) is -0.689. The predicted molar refractivity (Wildman–Crippen MR) is 114 cm³/mol. The van der Waals surface area contributed by atoms with E-state index >= 15 is 0 Å². The number of aryl methyl sites for hydroxylation is 1. The highest BCUT2D eigenvalue weighted by atomic mass is 32.1. The third-order valence-corrected chi connectivity index (χ3v) is 6.32. The van der Waals surface area contributed by atoms with Crippen LogP contribution in [0.15, 0.2) is 24.4 Å². The lowest BCUT2D eigenvalue weighted by molar-refractivity contribution is 0.0246. The van der Waals surface area contributed by atoms with Gasteiger partial charge in [-0.15, -0.1) is 0 Å². The summed E-state index contributed by atoms with van der Waals surface area (Å²) in [6, 6.07) is 3.14. The van der Waals surface area contributed by atoms with E-state index in [2.05, 4.69) is 15.4 Å². The van der Waals surface area contributed by atoms with E-state index in [4.69, 9.17) is 16.2 Å². The van der Waals surface area contributed by atoms with Crippen LogP contribution in [0.4, 0.5) is 23.9 Å². The van der Waals surface area contributed by atoms with E-state index < -0.39 is 36.2 Å². The Bertz CT molecular complexity index is 1100. The number of aliphatic hydroxyl groups excluding tert-OH is 1. The van der Waals surface area contributed by atoms with Gasteiger partial charge >= 0.3 is 0 Å². The van der Waals surface area contributed by atoms with Crippen molar-refractivity contribution in [3.63, 3.8) is 0 Å². The van der Waals surface area contributed by atoms with Gasteiger partial charge in [0.1, 0.15) is 28.0 Å². The second-order valence-electron chi connectivity index (χ2n) is 7.56. The van der Waals surface area contributed by atoms with Gasteiger partial charge in [0, 0.05) is 18.7 Å². The number of nitrogens with two attached hydrogens (primary N) is 2. The van der Waals surface area contributed by atoms with Crippen molar-refractivity contribution in [2.75, 3.05) is 17.7 Å². The molecular weight excluding hydrogens is 445 g/mol. The molecule has 32 heavy (non-hydrogen) atoms. The average Bonchev–Trinajstić information content (AvgIpc) is 3.27. The molecule has 0 saturated carbocycles. The van der Waals surface area contributed by atoms with Crippen molar-refractivity contribution >= 4 is 22.0 Å². The predicted octanol–water partition coefficient (Wildman–Crippen LogP) is 3.02. The first kappa shape index (κ1) is 22.5. The summed E-state index contributed by atoms with van der Waals surface area (Å²) in [7, 11) is 1.70. The molecule has 1 saturated heterocycles. The molecule has 4 rings (SSSR count). The van der Waals surface area contributed by atoms with Crippen LogP contribution in [0.25, 0.3) is 10.6 Å². The normalized spacial score (nSPS) is 22.5. The lowest BCUT2D eigenvalue weighted by Crippen LogP contribution is -2.32. The van der Waals surface area contributed by atoms with E-state index in [-0.39, 0.29) is 27.9 Å². The Hall–Kier alpha value is -2.67. The molecule has 3 heterocycles. The van der Waals surface area contributed by atoms with Gasteiger partial charge in [-0.05, 0) is 25.0 Å². The molecule has 1 unspecified atom stereocenters. The maximum Gasteiger partial charge on any atom is 0.171 e. The Morgan fingerprint density at radius 2 is 2.12 bits per heavy atom. The molecule has 6 N–H and O–H groups in total. The molecule has 0 aliphatic carbocycles. The number of nitrogens with zero attached hydrogens (tertiary/aromatic N) is 3. The molecule has 1 aromatic carbocycles. The van der Waals surface area contributed by atoms with Gasteiger partial charge in [0.25, 0.3) is 0 Å². The van der Waals surface area contributed by atoms with Crippen molar-refractivity contribution in [1.29, 1.82) is 0 Å². The van der Waals surface area contributed by atoms with Gasteiger partial charge in [-0.2, -0.15) is 5.10 Å². The van der Waals surface area contributed by atoms with Crippen LogP contribution in [0, 0.1) is 11.6 Å². The highest BCUT2D eigenvalue weighted by molar-refractivity contribution is 7.18. The molecule has 1 aliphatic rings. The fourth-order valence-electron chi connectivity index (χ4n) is 3.63. The van der Waals surface area contributed by atoms with E-state index in [1.807, 2.05) is 0 Å². The summed E-state index contributed by atoms with van der Waals surface area (Å²) in [4.78, 5) is 4.21. The van der Waals surface area contributed by atoms with Crippen molar-refractivity contribution in [2.24, 2.45) is 12.8 Å². The minimum atomic E-state index is -1.36. The zero-order valence-electron chi connectivity index (χ0n) is 17.1. The van der Waals surface area contributed by atoms with Gasteiger partial charge in [-0.1, -0.05) is 17.4 Å². The maximum absolute atomic E-state index is 14.1. The van der Waals surface area contributed by atoms with Crippen molar-refractivity contribution in [1.82, 2.24) is 14.8 Å². The van der Waals surface area contributed by atoms with Crippen LogP contribution in [-0.2, 0) is 11.8 Å². The Morgan fingerprint density at radius 3 is 2.91 bits per heavy atom. The van der Waals surface area contributed by atoms with E-state index in [1.165, 1.54) is 18.3 Å². The van der Waals surface area contributed by atoms with Crippen molar-refractivity contribution in [3.05, 3.63) is 47.4 Å². The molecule has 1 aliphatic heterocycles. The molecule has 0 radical (unpaired) electrons. The third-order valence-electron chi connectivity index (χ3n) is 5.39. The first-order chi connectivity index (χ1) is 15.3. The highest BCUT2D eigenvalue weighted by Gasteiger charge is 2.30. The van der Waals surface area contributed by atoms with Gasteiger partial charge in [-0.25, -0.2) is 18.2 Å². The fraction of sp³-hybridized carbons (Fsp3) is 0.400. The summed E-state index contributed by atoms with van der Waals surface area (Å²) in [5.74, 6) is -2.05. The molecule has 4 atom stereocenters. The van der Waals surface area contributed by atoms with E-state index in [9.17, 15) is 18.3 Å². The molecule has 0 spiro atoms. The molecule has 0 amide bonds. The number of halogens is 3. The standard InChI is InChI=1S/C20H23F3N6O2S/c1-29-17(14-6-5-12(24)11(22)8-31-14)13(7-26-29)27-19(30)16-18(25)32-20(28-16)9-3-2-4-10(21)15(9)23/h2-4,7,11-12,14,19,27,30H,5-6,8,24-25H2,1H3/t11-,12-,14+,19?/m1/s1. The number of alkyl halides is 1. The first-order valence-electron chi connectivity index (χ1n) is 9.94. The summed E-state index contributed by atoms with van der Waals surface area (Å²) in [5.41, 5.74) is 12.9. The zero-order chi connectivity index (χ0) is 23.0. The SMILES string of the molecule is Cn1ncc(NC(O)c2nc(-c3cccc(F)c3F)sc2N)c1[C@@H]1CC[C@@H](N)[C@H](F)CO1. The highest BCUT2D eigenvalue weighted by Crippen LogP contribution is 2.37. The number of thiazole rings is 1. The molecule has 172 valence electrons. The summed E-state index contributed by atoms with van der Waals surface area (Å²) >= 11 is 0.929. The smallest absolute Gasteiger partial charge is 0.171 e. The minimum absolute atomic E-state index is 0.0498. The number of nitrogen functional groups attached to an aromatic ring is 1. The van der Waals surface area contributed by atoms with Crippen LogP contribution in [0.2, 0.25) is 0 Å². The number of anilines is 2. The van der Waals surface area contributed by atoms with Crippen molar-refractivity contribution < 1.29 is 23.0 Å². The zero-order valence-corrected chi connectivity index (χ0v) is 18.0. The van der Waals surface area contributed by atoms with Gasteiger partial charge < -0.3 is 26.6 Å². The second-order valence-corrected chi connectivity index (χ2v) is 8.59. The number of aliphatic hydroxyl groups is 1. The Morgan fingerprint density at radius 1 is 1.34 bits per heavy atom. The summed E-state index contributed by atoms with van der Waals surface area (Å²) in [5, 5.41) is 18.1. The molecule has 12 heteroatoms. The Labute approximate surface area is 186 Å². The van der Waals surface area contributed by atoms with Crippen LogP contribution in [0.3, 0.4) is 0 Å². The second kappa shape index (κ2) is 9.06. The van der Waals surface area contributed by atoms with Crippen LogP contribution in [0.5, 0.6) is 0 Å². The fourth-order valence-corrected chi connectivity index (χ4v) is 4.52. The van der Waals surface area contributed by atoms with Gasteiger partial charge in [0.05, 0.1) is 24.2 Å². The van der Waals surface area contributed by atoms with E-state index in [0.717, 1.165) is 17.4 Å². The number of aromatic nitrogens is 3. The minimum Gasteiger partial charge on any atom is -0.389 e. The van der Waals surface area contributed by atoms with E-state index in [1.54, 1.807) is 11.7 Å². The number of nitrogens with one attached hydrogen (secondary N) is 1. The van der Waals surface area contributed by atoms with Crippen LogP contribution in [-0.4, -0.2) is 38.7 Å². The van der Waals surface area contributed by atoms with Crippen LogP contribution < -0.4 is 16.8 Å². The molecule has 2 aromatic heterocycles. The Balaban J connectivity index is 1.57. The summed E-state index contributed by atoms with van der Waals surface area (Å²) in [6.45, 7) is -0.138. The molecule has 3 aromatic rings. The van der Waals surface area contributed by atoms with Crippen molar-refractivity contribution in [3.8, 4) is 10.6 Å².